The van der Waals surface area contributed by atoms with Crippen molar-refractivity contribution in [2.45, 2.75) is 38.4 Å². The largest absolute Gasteiger partial charge is 0.552 e. The van der Waals surface area contributed by atoms with E-state index in [0.717, 1.165) is 7.11 Å². The van der Waals surface area contributed by atoms with Crippen LogP contribution >= 0.6 is 23.2 Å². The van der Waals surface area contributed by atoms with E-state index in [2.05, 4.69) is 15.4 Å². The highest BCUT2D eigenvalue weighted by atomic mass is 35.5. The van der Waals surface area contributed by atoms with Crippen LogP contribution in [0.1, 0.15) is 30.6 Å². The number of carbonyl (C=O) groups is 4. The third-order valence-electron chi connectivity index (χ3n) is 4.46. The fourth-order valence-electron chi connectivity index (χ4n) is 2.97. The fourth-order valence-corrected chi connectivity index (χ4v) is 3.34. The number of rotatable bonds is 9. The van der Waals surface area contributed by atoms with E-state index in [1.54, 1.807) is 0 Å². The van der Waals surface area contributed by atoms with Crippen LogP contribution in [0.15, 0.2) is 18.2 Å². The second kappa shape index (κ2) is 11.5. The van der Waals surface area contributed by atoms with Gasteiger partial charge in [-0.05, 0) is 30.5 Å². The average molecular weight is 489 g/mol. The Morgan fingerprint density at radius 2 is 1.97 bits per heavy atom. The molecule has 1 aliphatic heterocycles. The van der Waals surface area contributed by atoms with E-state index >= 15 is 0 Å². The van der Waals surface area contributed by atoms with Crippen LogP contribution < -0.4 is 10.6 Å². The standard InChI is InChI=1S/C19H23BCl2N2O8/c1-9(2)6-13(20-31-16(19(29)32-20)15(26)18(28)30-3)24-14(25)8-23-17(27)11-7-10(21)4-5-12(11)22/h4-5,7,9,13,15-16,26H,6,8H2,1-3H3,(H,23,27)(H,24,25)/t13-,15+,16+/m0/s1. The number of methoxy groups -OCH3 is 1. The molecule has 1 saturated heterocycles. The Hall–Kier alpha value is -2.34. The lowest BCUT2D eigenvalue weighted by Crippen LogP contribution is -2.51. The minimum atomic E-state index is -1.87. The van der Waals surface area contributed by atoms with Gasteiger partial charge in [0.05, 0.1) is 30.2 Å². The predicted molar refractivity (Wildman–Crippen MR) is 115 cm³/mol. The molecule has 174 valence electrons. The molecule has 0 aliphatic carbocycles. The molecule has 3 N–H and O–H groups in total. The second-order valence-electron chi connectivity index (χ2n) is 7.44. The van der Waals surface area contributed by atoms with Crippen LogP contribution in [0.25, 0.3) is 0 Å². The number of benzene rings is 1. The van der Waals surface area contributed by atoms with Gasteiger partial charge in [0.1, 0.15) is 0 Å². The summed E-state index contributed by atoms with van der Waals surface area (Å²) in [6, 6.07) is 4.36. The molecule has 0 bridgehead atoms. The summed E-state index contributed by atoms with van der Waals surface area (Å²) < 4.78 is 14.9. The SMILES string of the molecule is COC(=O)[C@H](O)[C@H]1OB([C@H](CC(C)C)NC(=O)CNC(=O)c2cc(Cl)ccc2Cl)OC1=O. The molecule has 0 aromatic heterocycles. The molecule has 0 saturated carbocycles. The predicted octanol–water partition coefficient (Wildman–Crippen LogP) is 0.757. The monoisotopic (exact) mass is 488 g/mol. The van der Waals surface area contributed by atoms with Gasteiger partial charge in [-0.25, -0.2) is 4.79 Å². The maximum absolute atomic E-state index is 12.4. The quantitative estimate of drug-likeness (QED) is 0.341. The molecule has 2 amide bonds. The van der Waals surface area contributed by atoms with Gasteiger partial charge >= 0.3 is 19.1 Å². The smallest absolute Gasteiger partial charge is 0.506 e. The van der Waals surface area contributed by atoms with E-state index in [0.29, 0.717) is 11.4 Å². The number of ether oxygens (including phenoxy) is 1. The number of aliphatic hydroxyl groups is 1. The summed E-state index contributed by atoms with van der Waals surface area (Å²) in [7, 11) is -0.188. The summed E-state index contributed by atoms with van der Waals surface area (Å²) >= 11 is 11.8. The van der Waals surface area contributed by atoms with E-state index in [-0.39, 0.29) is 16.5 Å². The first-order chi connectivity index (χ1) is 15.0. The first-order valence-corrected chi connectivity index (χ1v) is 10.4. The third kappa shape index (κ3) is 6.83. The van der Waals surface area contributed by atoms with Crippen molar-refractivity contribution >= 4 is 54.1 Å². The van der Waals surface area contributed by atoms with Gasteiger partial charge in [-0.1, -0.05) is 37.0 Å². The second-order valence-corrected chi connectivity index (χ2v) is 8.28. The van der Waals surface area contributed by atoms with Crippen LogP contribution in [-0.2, 0) is 28.4 Å². The Morgan fingerprint density at radius 3 is 2.59 bits per heavy atom. The lowest BCUT2D eigenvalue weighted by atomic mass is 9.74. The number of nitrogens with one attached hydrogen (secondary N) is 2. The van der Waals surface area contributed by atoms with Crippen molar-refractivity contribution in [1.29, 1.82) is 0 Å². The minimum Gasteiger partial charge on any atom is -0.506 e. The van der Waals surface area contributed by atoms with Crippen LogP contribution in [-0.4, -0.2) is 67.8 Å². The topological polar surface area (TPSA) is 140 Å². The van der Waals surface area contributed by atoms with Crippen molar-refractivity contribution in [3.05, 3.63) is 33.8 Å². The zero-order valence-corrected chi connectivity index (χ0v) is 19.1. The molecule has 2 rings (SSSR count). The molecule has 1 aliphatic rings. The number of hydrogen-bond donors (Lipinski definition) is 3. The summed E-state index contributed by atoms with van der Waals surface area (Å²) in [6.45, 7) is 3.35. The molecule has 0 spiro atoms. The maximum Gasteiger partial charge on any atom is 0.552 e. The van der Waals surface area contributed by atoms with Crippen LogP contribution in [0.4, 0.5) is 0 Å². The number of amides is 2. The van der Waals surface area contributed by atoms with Gasteiger partial charge in [-0.15, -0.1) is 0 Å². The number of esters is 1. The Kier molecular flexibility index (Phi) is 9.32. The summed E-state index contributed by atoms with van der Waals surface area (Å²) in [4.78, 5) is 48.3. The molecule has 1 fully saturated rings. The number of halogens is 2. The van der Waals surface area contributed by atoms with E-state index in [9.17, 15) is 24.3 Å². The zero-order valence-electron chi connectivity index (χ0n) is 17.6. The zero-order chi connectivity index (χ0) is 24.0. The Bertz CT molecular complexity index is 885. The molecule has 1 aromatic rings. The van der Waals surface area contributed by atoms with Gasteiger partial charge in [0.15, 0.2) is 12.2 Å². The Labute approximate surface area is 195 Å². The molecular formula is C19H23BCl2N2O8. The first-order valence-electron chi connectivity index (χ1n) is 9.68. The van der Waals surface area contributed by atoms with Crippen LogP contribution in [0.5, 0.6) is 0 Å². The number of carbonyl (C=O) groups excluding carboxylic acids is 4. The highest BCUT2D eigenvalue weighted by Gasteiger charge is 2.50. The lowest BCUT2D eigenvalue weighted by Gasteiger charge is -2.22. The van der Waals surface area contributed by atoms with Gasteiger partial charge in [-0.2, -0.15) is 0 Å². The molecular weight excluding hydrogens is 466 g/mol. The van der Waals surface area contributed by atoms with Crippen molar-refractivity contribution in [1.82, 2.24) is 10.6 Å². The molecule has 13 heteroatoms. The Balaban J connectivity index is 2.00. The first kappa shape index (κ1) is 25.9. The molecule has 32 heavy (non-hydrogen) atoms. The highest BCUT2D eigenvalue weighted by molar-refractivity contribution is 6.51. The van der Waals surface area contributed by atoms with E-state index in [4.69, 9.17) is 32.5 Å². The van der Waals surface area contributed by atoms with E-state index in [1.165, 1.54) is 18.2 Å². The average Bonchev–Trinajstić information content (AvgIpc) is 3.13. The minimum absolute atomic E-state index is 0.0621. The Morgan fingerprint density at radius 1 is 1.28 bits per heavy atom. The highest BCUT2D eigenvalue weighted by Crippen LogP contribution is 2.21. The third-order valence-corrected chi connectivity index (χ3v) is 5.02. The van der Waals surface area contributed by atoms with Crippen molar-refractivity contribution in [2.24, 2.45) is 5.92 Å². The van der Waals surface area contributed by atoms with Crippen molar-refractivity contribution in [3.63, 3.8) is 0 Å². The molecule has 1 heterocycles. The summed E-state index contributed by atoms with van der Waals surface area (Å²) in [5.74, 6) is -3.93. The lowest BCUT2D eigenvalue weighted by molar-refractivity contribution is -0.160. The van der Waals surface area contributed by atoms with E-state index in [1.807, 2.05) is 13.8 Å². The maximum atomic E-state index is 12.4. The molecule has 10 nitrogen and oxygen atoms in total. The van der Waals surface area contributed by atoms with Gasteiger partial charge in [0.2, 0.25) is 5.91 Å². The fraction of sp³-hybridized carbons (Fsp3) is 0.474. The normalized spacial score (nSPS) is 17.5. The van der Waals surface area contributed by atoms with Crippen LogP contribution in [0, 0.1) is 5.92 Å². The van der Waals surface area contributed by atoms with E-state index < -0.39 is 55.6 Å². The molecule has 1 aromatic carbocycles. The number of aliphatic hydroxyl groups excluding tert-OH is 1. The van der Waals surface area contributed by atoms with Crippen molar-refractivity contribution < 1.29 is 38.3 Å². The van der Waals surface area contributed by atoms with Crippen molar-refractivity contribution in [2.75, 3.05) is 13.7 Å². The summed E-state index contributed by atoms with van der Waals surface area (Å²) in [5.41, 5.74) is 0.110. The van der Waals surface area contributed by atoms with Gasteiger partial charge in [-0.3, -0.25) is 14.4 Å². The van der Waals surface area contributed by atoms with Gasteiger partial charge in [0, 0.05) is 5.02 Å². The molecule has 0 radical (unpaired) electrons. The van der Waals surface area contributed by atoms with Crippen LogP contribution in [0.3, 0.4) is 0 Å². The molecule has 3 atom stereocenters. The number of hydrogen-bond acceptors (Lipinski definition) is 8. The van der Waals surface area contributed by atoms with Crippen molar-refractivity contribution in [3.8, 4) is 0 Å². The summed E-state index contributed by atoms with van der Waals surface area (Å²) in [5, 5.41) is 15.4. The van der Waals surface area contributed by atoms with Crippen LogP contribution in [0.2, 0.25) is 10.0 Å². The summed E-state index contributed by atoms with van der Waals surface area (Å²) in [6.07, 6.45) is -3.10. The molecule has 0 unspecified atom stereocenters. The van der Waals surface area contributed by atoms with Gasteiger partial charge in [0.25, 0.3) is 5.91 Å². The van der Waals surface area contributed by atoms with Gasteiger partial charge < -0.3 is 29.8 Å².